The molecule has 154 valence electrons. The van der Waals surface area contributed by atoms with Crippen LogP contribution in [0.1, 0.15) is 23.0 Å². The molecule has 3 aromatic heterocycles. The van der Waals surface area contributed by atoms with Crippen molar-refractivity contribution in [2.75, 3.05) is 19.5 Å². The number of aromatic nitrogens is 5. The summed E-state index contributed by atoms with van der Waals surface area (Å²) in [5, 5.41) is 6.07. The van der Waals surface area contributed by atoms with E-state index in [1.807, 2.05) is 6.92 Å². The molecule has 0 aliphatic rings. The molecule has 0 spiro atoms. The smallest absolute Gasteiger partial charge is 0.434 e. The molecule has 0 atom stereocenters. The number of halogens is 3. The lowest BCUT2D eigenvalue weighted by molar-refractivity contribution is -0.140. The van der Waals surface area contributed by atoms with E-state index < -0.39 is 17.8 Å². The minimum atomic E-state index is -4.71. The zero-order chi connectivity index (χ0) is 21.2. The van der Waals surface area contributed by atoms with E-state index >= 15 is 0 Å². The summed E-state index contributed by atoms with van der Waals surface area (Å²) < 4.78 is 52.0. The summed E-state index contributed by atoms with van der Waals surface area (Å²) >= 11 is 0.674. The number of carbonyl (C=O) groups excluding carboxylic acids is 1. The van der Waals surface area contributed by atoms with E-state index in [0.717, 1.165) is 6.33 Å². The molecule has 3 rings (SSSR count). The molecule has 0 aromatic carbocycles. The molecular weight excluding hydrogens is 413 g/mol. The van der Waals surface area contributed by atoms with Crippen molar-refractivity contribution < 1.29 is 27.4 Å². The predicted octanol–water partition coefficient (Wildman–Crippen LogP) is 3.10. The highest BCUT2D eigenvalue weighted by molar-refractivity contribution is 7.19. The van der Waals surface area contributed by atoms with Gasteiger partial charge in [-0.15, -0.1) is 0 Å². The van der Waals surface area contributed by atoms with Gasteiger partial charge in [-0.25, -0.2) is 15.0 Å². The molecule has 0 saturated heterocycles. The highest BCUT2D eigenvalue weighted by Gasteiger charge is 2.38. The lowest BCUT2D eigenvalue weighted by atomic mass is 10.2. The molecule has 0 saturated carbocycles. The summed E-state index contributed by atoms with van der Waals surface area (Å²) in [5.74, 6) is -1.00. The van der Waals surface area contributed by atoms with Gasteiger partial charge in [0.05, 0.1) is 25.3 Å². The lowest BCUT2D eigenvalue weighted by Crippen LogP contribution is -2.16. The van der Waals surface area contributed by atoms with Gasteiger partial charge >= 0.3 is 6.18 Å². The predicted molar refractivity (Wildman–Crippen MR) is 97.1 cm³/mol. The number of carbonyl (C=O) groups is 1. The van der Waals surface area contributed by atoms with Crippen molar-refractivity contribution in [1.29, 1.82) is 0 Å². The van der Waals surface area contributed by atoms with Crippen LogP contribution in [0.25, 0.3) is 10.4 Å². The minimum absolute atomic E-state index is 0.0913. The highest BCUT2D eigenvalue weighted by atomic mass is 32.1. The van der Waals surface area contributed by atoms with Gasteiger partial charge in [0.15, 0.2) is 16.4 Å². The number of hydrogen-bond donors (Lipinski definition) is 1. The Kier molecular flexibility index (Phi) is 5.68. The number of nitrogens with zero attached hydrogens (tertiary/aromatic N) is 5. The quantitative estimate of drug-likeness (QED) is 0.643. The standard InChI is InChI=1S/C16H15F3N6O3S/c1-4-25-6-8(5-22-25)10-11(16(17,18)19)23-15(29-10)24-12(26)9-13(27-2)20-7-21-14(9)28-3/h5-7H,4H2,1-3H3,(H,23,24,26). The number of alkyl halides is 3. The van der Waals surface area contributed by atoms with Crippen molar-refractivity contribution in [2.24, 2.45) is 0 Å². The van der Waals surface area contributed by atoms with Crippen LogP contribution in [0.5, 0.6) is 11.8 Å². The third kappa shape index (κ3) is 4.13. The molecule has 0 bridgehead atoms. The summed E-state index contributed by atoms with van der Waals surface area (Å²) in [7, 11) is 2.57. The van der Waals surface area contributed by atoms with Gasteiger partial charge in [0.25, 0.3) is 5.91 Å². The monoisotopic (exact) mass is 428 g/mol. The molecule has 0 fully saturated rings. The summed E-state index contributed by atoms with van der Waals surface area (Å²) in [6, 6.07) is 0. The van der Waals surface area contributed by atoms with Gasteiger partial charge in [0.2, 0.25) is 11.8 Å². The minimum Gasteiger partial charge on any atom is -0.480 e. The van der Waals surface area contributed by atoms with Crippen molar-refractivity contribution in [3.63, 3.8) is 0 Å². The van der Waals surface area contributed by atoms with Crippen LogP contribution in [0.2, 0.25) is 0 Å². The molecule has 1 amide bonds. The van der Waals surface area contributed by atoms with Crippen LogP contribution in [0.3, 0.4) is 0 Å². The van der Waals surface area contributed by atoms with Gasteiger partial charge in [0.1, 0.15) is 6.33 Å². The van der Waals surface area contributed by atoms with Crippen LogP contribution in [-0.4, -0.2) is 44.9 Å². The van der Waals surface area contributed by atoms with E-state index in [9.17, 15) is 18.0 Å². The van der Waals surface area contributed by atoms with Crippen LogP contribution in [0.4, 0.5) is 18.3 Å². The maximum Gasteiger partial charge on any atom is 0.434 e. The van der Waals surface area contributed by atoms with Gasteiger partial charge in [-0.05, 0) is 6.92 Å². The maximum atomic E-state index is 13.5. The number of nitrogens with one attached hydrogen (secondary N) is 1. The lowest BCUT2D eigenvalue weighted by Gasteiger charge is -2.09. The van der Waals surface area contributed by atoms with Crippen LogP contribution < -0.4 is 14.8 Å². The molecule has 0 aliphatic heterocycles. The summed E-state index contributed by atoms with van der Waals surface area (Å²) in [6.07, 6.45) is -0.794. The zero-order valence-corrected chi connectivity index (χ0v) is 16.3. The average molecular weight is 428 g/mol. The van der Waals surface area contributed by atoms with Crippen LogP contribution in [0.15, 0.2) is 18.7 Å². The average Bonchev–Trinajstić information content (AvgIpc) is 3.33. The number of hydrogen-bond acceptors (Lipinski definition) is 8. The third-order valence-electron chi connectivity index (χ3n) is 3.73. The zero-order valence-electron chi connectivity index (χ0n) is 15.4. The Morgan fingerprint density at radius 3 is 2.41 bits per heavy atom. The van der Waals surface area contributed by atoms with Crippen LogP contribution in [-0.2, 0) is 12.7 Å². The van der Waals surface area contributed by atoms with E-state index in [1.54, 1.807) is 0 Å². The summed E-state index contributed by atoms with van der Waals surface area (Å²) in [5.41, 5.74) is -1.03. The Balaban J connectivity index is 2.00. The van der Waals surface area contributed by atoms with E-state index in [2.05, 4.69) is 25.4 Å². The molecule has 0 unspecified atom stereocenters. The summed E-state index contributed by atoms with van der Waals surface area (Å²) in [6.45, 7) is 2.31. The van der Waals surface area contributed by atoms with Crippen molar-refractivity contribution in [3.05, 3.63) is 30.0 Å². The molecule has 0 aliphatic carbocycles. The first-order valence-electron chi connectivity index (χ1n) is 8.13. The van der Waals surface area contributed by atoms with Crippen molar-refractivity contribution in [1.82, 2.24) is 24.7 Å². The molecule has 1 N–H and O–H groups in total. The van der Waals surface area contributed by atoms with Crippen molar-refractivity contribution in [3.8, 4) is 22.2 Å². The Hall–Kier alpha value is -3.22. The molecule has 0 radical (unpaired) electrons. The largest absolute Gasteiger partial charge is 0.480 e. The van der Waals surface area contributed by atoms with E-state index in [0.29, 0.717) is 17.9 Å². The maximum absolute atomic E-state index is 13.5. The fourth-order valence-electron chi connectivity index (χ4n) is 2.43. The van der Waals surface area contributed by atoms with E-state index in [1.165, 1.54) is 31.3 Å². The SMILES string of the molecule is CCn1cc(-c2sc(NC(=O)c3c(OC)ncnc3OC)nc2C(F)(F)F)cn1. The van der Waals surface area contributed by atoms with Crippen LogP contribution >= 0.6 is 11.3 Å². The Morgan fingerprint density at radius 1 is 1.24 bits per heavy atom. The van der Waals surface area contributed by atoms with E-state index in [4.69, 9.17) is 9.47 Å². The number of methoxy groups -OCH3 is 2. The number of amides is 1. The highest BCUT2D eigenvalue weighted by Crippen LogP contribution is 2.42. The Labute approximate surface area is 166 Å². The van der Waals surface area contributed by atoms with Gasteiger partial charge in [-0.1, -0.05) is 11.3 Å². The number of aryl methyl sites for hydroxylation is 1. The first-order chi connectivity index (χ1) is 13.8. The Morgan fingerprint density at radius 2 is 1.90 bits per heavy atom. The number of anilines is 1. The Bertz CT molecular complexity index is 1010. The fourth-order valence-corrected chi connectivity index (χ4v) is 3.39. The second-order valence-electron chi connectivity index (χ2n) is 5.50. The third-order valence-corrected chi connectivity index (χ3v) is 4.75. The fraction of sp³-hybridized carbons (Fsp3) is 0.312. The molecular formula is C16H15F3N6O3S. The molecule has 3 heterocycles. The molecule has 3 aromatic rings. The molecule has 29 heavy (non-hydrogen) atoms. The number of rotatable bonds is 6. The van der Waals surface area contributed by atoms with Crippen LogP contribution in [0, 0.1) is 0 Å². The van der Waals surface area contributed by atoms with Gasteiger partial charge in [-0.3, -0.25) is 14.8 Å². The van der Waals surface area contributed by atoms with Gasteiger partial charge in [-0.2, -0.15) is 18.3 Å². The van der Waals surface area contributed by atoms with Gasteiger partial charge in [0, 0.05) is 18.3 Å². The number of ether oxygens (including phenoxy) is 2. The molecule has 9 nitrogen and oxygen atoms in total. The van der Waals surface area contributed by atoms with E-state index in [-0.39, 0.29) is 32.9 Å². The first-order valence-corrected chi connectivity index (χ1v) is 8.95. The second kappa shape index (κ2) is 8.03. The van der Waals surface area contributed by atoms with Crippen molar-refractivity contribution >= 4 is 22.4 Å². The van der Waals surface area contributed by atoms with Crippen molar-refractivity contribution in [2.45, 2.75) is 19.6 Å². The second-order valence-corrected chi connectivity index (χ2v) is 6.50. The summed E-state index contributed by atoms with van der Waals surface area (Å²) in [4.78, 5) is 23.7. The first kappa shape index (κ1) is 20.5. The van der Waals surface area contributed by atoms with Gasteiger partial charge < -0.3 is 9.47 Å². The number of thiazole rings is 1. The normalized spacial score (nSPS) is 11.4. The topological polar surface area (TPSA) is 104 Å². The molecule has 13 heteroatoms.